The lowest BCUT2D eigenvalue weighted by Crippen LogP contribution is -2.32. The number of allylic oxidation sites excluding steroid dienone is 2. The van der Waals surface area contributed by atoms with Crippen LogP contribution in [0.3, 0.4) is 0 Å². The van der Waals surface area contributed by atoms with Crippen molar-refractivity contribution < 1.29 is 0 Å². The van der Waals surface area contributed by atoms with E-state index in [4.69, 9.17) is 0 Å². The summed E-state index contributed by atoms with van der Waals surface area (Å²) in [6.45, 7) is 1.96. The first-order valence-electron chi connectivity index (χ1n) is 17.5. The zero-order valence-corrected chi connectivity index (χ0v) is 27.4. The van der Waals surface area contributed by atoms with Gasteiger partial charge in [0, 0.05) is 57.9 Å². The molecule has 3 aliphatic rings. The van der Waals surface area contributed by atoms with E-state index in [1.165, 1.54) is 61.2 Å². The second kappa shape index (κ2) is 11.1. The quantitative estimate of drug-likeness (QED) is 0.187. The zero-order chi connectivity index (χ0) is 32.4. The number of aromatic nitrogens is 1. The molecule has 3 heterocycles. The topological polar surface area (TPSA) is 11.4 Å². The second-order valence-corrected chi connectivity index (χ2v) is 13.8. The standard InChI is InChI=1S/C46H37N3/c1-2-12-35(13-3-1)47-31-30-46(32-47,33-22-26-36(27-23-33)48-42-18-8-4-14-38(42)39-15-5-9-19-43(39)48)34-24-28-37(29-25-34)49-44-20-10-6-16-40(44)41-17-7-11-21-45(41)49/h1-29,38,42H,30-32H2. The van der Waals surface area contributed by atoms with Crippen LogP contribution in [0.4, 0.5) is 17.1 Å². The fourth-order valence-electron chi connectivity index (χ4n) is 8.97. The number of fused-ring (bicyclic) bond motifs is 6. The van der Waals surface area contributed by atoms with Gasteiger partial charge in [-0.05, 0) is 77.7 Å². The Hall–Kier alpha value is -5.80. The normalized spacial score (nSPS) is 21.1. The van der Waals surface area contributed by atoms with Crippen LogP contribution < -0.4 is 9.80 Å². The summed E-state index contributed by atoms with van der Waals surface area (Å²) in [4.78, 5) is 5.09. The minimum Gasteiger partial charge on any atom is -0.370 e. The summed E-state index contributed by atoms with van der Waals surface area (Å²) < 4.78 is 2.41. The van der Waals surface area contributed by atoms with Crippen LogP contribution in [0.1, 0.15) is 29.0 Å². The molecule has 7 aromatic rings. The summed E-state index contributed by atoms with van der Waals surface area (Å²) >= 11 is 0. The Labute approximate surface area is 287 Å². The minimum atomic E-state index is -0.132. The molecule has 0 N–H and O–H groups in total. The fraction of sp³-hybridized carbons (Fsp3) is 0.130. The molecule has 0 saturated carbocycles. The highest BCUT2D eigenvalue weighted by atomic mass is 15.2. The summed E-state index contributed by atoms with van der Waals surface area (Å²) in [5.41, 5.74) is 11.6. The molecule has 1 fully saturated rings. The summed E-state index contributed by atoms with van der Waals surface area (Å²) in [6.07, 6.45) is 10.2. The maximum Gasteiger partial charge on any atom is 0.0629 e. The molecule has 3 unspecified atom stereocenters. The molecule has 0 bridgehead atoms. The van der Waals surface area contributed by atoms with Gasteiger partial charge in [-0.2, -0.15) is 0 Å². The van der Waals surface area contributed by atoms with E-state index in [1.807, 2.05) is 0 Å². The number of anilines is 3. The minimum absolute atomic E-state index is 0.132. The van der Waals surface area contributed by atoms with Gasteiger partial charge in [-0.25, -0.2) is 0 Å². The molecule has 10 rings (SSSR count). The Balaban J connectivity index is 1.06. The van der Waals surface area contributed by atoms with Crippen molar-refractivity contribution in [3.8, 4) is 5.69 Å². The summed E-state index contributed by atoms with van der Waals surface area (Å²) in [5.74, 6) is 0.384. The Bertz CT molecular complexity index is 2330. The molecule has 236 valence electrons. The third-order valence-corrected chi connectivity index (χ3v) is 11.3. The van der Waals surface area contributed by atoms with Crippen LogP contribution in [0.2, 0.25) is 0 Å². The summed E-state index contributed by atoms with van der Waals surface area (Å²) in [5, 5.41) is 2.58. The van der Waals surface area contributed by atoms with Gasteiger partial charge in [0.25, 0.3) is 0 Å². The van der Waals surface area contributed by atoms with Crippen molar-refractivity contribution in [1.82, 2.24) is 4.57 Å². The molecule has 6 aromatic carbocycles. The van der Waals surface area contributed by atoms with Gasteiger partial charge in [-0.3, -0.25) is 0 Å². The van der Waals surface area contributed by atoms with Gasteiger partial charge >= 0.3 is 0 Å². The van der Waals surface area contributed by atoms with Crippen molar-refractivity contribution in [3.63, 3.8) is 0 Å². The van der Waals surface area contributed by atoms with Crippen molar-refractivity contribution in [2.24, 2.45) is 0 Å². The zero-order valence-electron chi connectivity index (χ0n) is 27.4. The molecule has 1 aliphatic carbocycles. The van der Waals surface area contributed by atoms with Crippen molar-refractivity contribution in [1.29, 1.82) is 0 Å². The molecular weight excluding hydrogens is 595 g/mol. The van der Waals surface area contributed by atoms with Gasteiger partial charge < -0.3 is 14.4 Å². The lowest BCUT2D eigenvalue weighted by molar-refractivity contribution is 0.577. The van der Waals surface area contributed by atoms with Crippen LogP contribution >= 0.6 is 0 Å². The van der Waals surface area contributed by atoms with Crippen molar-refractivity contribution in [3.05, 3.63) is 193 Å². The lowest BCUT2D eigenvalue weighted by Gasteiger charge is -2.33. The molecular formula is C46H37N3. The van der Waals surface area contributed by atoms with E-state index in [9.17, 15) is 0 Å². The Morgan fingerprint density at radius 1 is 0.510 bits per heavy atom. The first-order chi connectivity index (χ1) is 24.3. The maximum absolute atomic E-state index is 2.56. The van der Waals surface area contributed by atoms with Gasteiger partial charge in [-0.15, -0.1) is 0 Å². The van der Waals surface area contributed by atoms with E-state index >= 15 is 0 Å². The number of nitrogens with zero attached hydrogens (tertiary/aromatic N) is 3. The molecule has 3 atom stereocenters. The van der Waals surface area contributed by atoms with E-state index in [2.05, 4.69) is 190 Å². The number of hydrogen-bond acceptors (Lipinski definition) is 2. The second-order valence-electron chi connectivity index (χ2n) is 13.8. The first kappa shape index (κ1) is 28.2. The van der Waals surface area contributed by atoms with Gasteiger partial charge in [0.05, 0.1) is 17.1 Å². The van der Waals surface area contributed by atoms with Crippen LogP contribution in [0.5, 0.6) is 0 Å². The van der Waals surface area contributed by atoms with Crippen molar-refractivity contribution in [2.45, 2.75) is 23.8 Å². The van der Waals surface area contributed by atoms with Gasteiger partial charge in [0.1, 0.15) is 0 Å². The molecule has 0 spiro atoms. The lowest BCUT2D eigenvalue weighted by atomic mass is 9.73. The third kappa shape index (κ3) is 4.35. The average molecular weight is 632 g/mol. The van der Waals surface area contributed by atoms with Crippen LogP contribution in [0, 0.1) is 0 Å². The largest absolute Gasteiger partial charge is 0.370 e. The summed E-state index contributed by atoms with van der Waals surface area (Å²) in [6, 6.07) is 56.6. The van der Waals surface area contributed by atoms with Gasteiger partial charge in [0.2, 0.25) is 0 Å². The Morgan fingerprint density at radius 2 is 1.10 bits per heavy atom. The number of benzene rings is 6. The molecule has 0 radical (unpaired) electrons. The van der Waals surface area contributed by atoms with E-state index < -0.39 is 0 Å². The van der Waals surface area contributed by atoms with E-state index in [-0.39, 0.29) is 5.41 Å². The molecule has 3 heteroatoms. The Kier molecular flexibility index (Phi) is 6.42. The van der Waals surface area contributed by atoms with E-state index in [1.54, 1.807) is 0 Å². The predicted molar refractivity (Wildman–Crippen MR) is 205 cm³/mol. The smallest absolute Gasteiger partial charge is 0.0629 e. The highest BCUT2D eigenvalue weighted by Gasteiger charge is 2.42. The molecule has 1 saturated heterocycles. The molecule has 49 heavy (non-hydrogen) atoms. The van der Waals surface area contributed by atoms with E-state index in [0.717, 1.165) is 19.5 Å². The third-order valence-electron chi connectivity index (χ3n) is 11.3. The highest BCUT2D eigenvalue weighted by molar-refractivity contribution is 6.09. The monoisotopic (exact) mass is 631 g/mol. The van der Waals surface area contributed by atoms with Crippen LogP contribution in [-0.2, 0) is 5.41 Å². The van der Waals surface area contributed by atoms with Crippen LogP contribution in [0.25, 0.3) is 27.5 Å². The van der Waals surface area contributed by atoms with Gasteiger partial charge in [-0.1, -0.05) is 121 Å². The predicted octanol–water partition coefficient (Wildman–Crippen LogP) is 10.7. The first-order valence-corrected chi connectivity index (χ1v) is 17.5. The maximum atomic E-state index is 2.56. The van der Waals surface area contributed by atoms with Crippen molar-refractivity contribution in [2.75, 3.05) is 22.9 Å². The number of rotatable bonds is 5. The summed E-state index contributed by atoms with van der Waals surface area (Å²) in [7, 11) is 0. The van der Waals surface area contributed by atoms with Crippen LogP contribution in [-0.4, -0.2) is 23.7 Å². The molecule has 0 amide bonds. The molecule has 1 aromatic heterocycles. The molecule has 3 nitrogen and oxygen atoms in total. The number of hydrogen-bond donors (Lipinski definition) is 0. The van der Waals surface area contributed by atoms with E-state index in [0.29, 0.717) is 12.0 Å². The molecule has 2 aliphatic heterocycles. The fourth-order valence-corrected chi connectivity index (χ4v) is 8.97. The van der Waals surface area contributed by atoms with Crippen molar-refractivity contribution >= 4 is 38.9 Å². The van der Waals surface area contributed by atoms with Crippen LogP contribution in [0.15, 0.2) is 176 Å². The van der Waals surface area contributed by atoms with Gasteiger partial charge in [0.15, 0.2) is 0 Å². The average Bonchev–Trinajstić information content (AvgIpc) is 3.87. The highest BCUT2D eigenvalue weighted by Crippen LogP contribution is 2.49. The Morgan fingerprint density at radius 3 is 1.82 bits per heavy atom. The number of para-hydroxylation sites is 4. The SMILES string of the molecule is C1=CC2c3ccccc3N(c3ccc(C4(c5ccc(-n6c7ccccc7c7ccccc76)cc5)CCN(c5ccccc5)C4)cc3)C2C=C1.